The van der Waals surface area contributed by atoms with E-state index in [-0.39, 0.29) is 22.3 Å². The quantitative estimate of drug-likeness (QED) is 0.493. The van der Waals surface area contributed by atoms with E-state index >= 15 is 0 Å². The molecule has 0 atom stereocenters. The number of hydrogen-bond donors (Lipinski definition) is 2. The summed E-state index contributed by atoms with van der Waals surface area (Å²) in [5, 5.41) is 0. The Morgan fingerprint density at radius 1 is 1.33 bits per heavy atom. The van der Waals surface area contributed by atoms with Gasteiger partial charge in [0.2, 0.25) is 0 Å². The highest BCUT2D eigenvalue weighted by molar-refractivity contribution is 8.00. The zero-order chi connectivity index (χ0) is 11.5. The van der Waals surface area contributed by atoms with Gasteiger partial charge in [-0.25, -0.2) is 0 Å². The van der Waals surface area contributed by atoms with Gasteiger partial charge < -0.3 is 5.43 Å². The van der Waals surface area contributed by atoms with Crippen LogP contribution < -0.4 is 11.3 Å². The molecular formula is C8H9F3N2S2. The van der Waals surface area contributed by atoms with Crippen LogP contribution in [0.15, 0.2) is 28.0 Å². The molecule has 0 amide bonds. The average molecular weight is 254 g/mol. The number of rotatable bonds is 3. The van der Waals surface area contributed by atoms with E-state index in [2.05, 4.69) is 5.43 Å². The molecule has 0 aromatic heterocycles. The second-order valence-electron chi connectivity index (χ2n) is 2.55. The third kappa shape index (κ3) is 3.84. The van der Waals surface area contributed by atoms with Crippen LogP contribution in [0.1, 0.15) is 0 Å². The van der Waals surface area contributed by atoms with Crippen molar-refractivity contribution in [1.82, 2.24) is 0 Å². The third-order valence-electron chi connectivity index (χ3n) is 1.57. The minimum absolute atomic E-state index is 0.0720. The lowest BCUT2D eigenvalue weighted by Gasteiger charge is -2.11. The summed E-state index contributed by atoms with van der Waals surface area (Å²) in [6.07, 6.45) is 1.84. The highest BCUT2D eigenvalue weighted by Crippen LogP contribution is 2.41. The monoisotopic (exact) mass is 254 g/mol. The van der Waals surface area contributed by atoms with Gasteiger partial charge in [0, 0.05) is 9.79 Å². The van der Waals surface area contributed by atoms with Crippen molar-refractivity contribution < 1.29 is 13.2 Å². The van der Waals surface area contributed by atoms with Gasteiger partial charge in [-0.3, -0.25) is 5.84 Å². The van der Waals surface area contributed by atoms with Crippen LogP contribution in [0, 0.1) is 0 Å². The van der Waals surface area contributed by atoms with E-state index in [0.29, 0.717) is 0 Å². The second kappa shape index (κ2) is 5.00. The Hall–Kier alpha value is -0.530. The number of hydrogen-bond acceptors (Lipinski definition) is 4. The van der Waals surface area contributed by atoms with Crippen molar-refractivity contribution in [2.24, 2.45) is 5.84 Å². The van der Waals surface area contributed by atoms with Crippen molar-refractivity contribution in [2.75, 3.05) is 11.7 Å². The predicted molar refractivity (Wildman–Crippen MR) is 57.9 cm³/mol. The maximum absolute atomic E-state index is 12.1. The molecule has 3 N–H and O–H groups in total. The third-order valence-corrected chi connectivity index (χ3v) is 3.10. The fraction of sp³-hybridized carbons (Fsp3) is 0.250. The van der Waals surface area contributed by atoms with Crippen LogP contribution in [0.5, 0.6) is 0 Å². The smallest absolute Gasteiger partial charge is 0.323 e. The molecule has 0 aliphatic rings. The van der Waals surface area contributed by atoms with E-state index in [0.717, 1.165) is 4.90 Å². The van der Waals surface area contributed by atoms with Crippen molar-refractivity contribution in [1.29, 1.82) is 0 Å². The molecule has 1 rings (SSSR count). The molecule has 0 unspecified atom stereocenters. The minimum Gasteiger partial charge on any atom is -0.323 e. The highest BCUT2D eigenvalue weighted by Gasteiger charge is 2.30. The number of nitrogens with two attached hydrogens (primary N) is 1. The first kappa shape index (κ1) is 12.5. The summed E-state index contributed by atoms with van der Waals surface area (Å²) >= 11 is 1.26. The van der Waals surface area contributed by atoms with E-state index in [1.165, 1.54) is 17.8 Å². The molecule has 0 saturated heterocycles. The summed E-state index contributed by atoms with van der Waals surface area (Å²) in [5.74, 6) is 5.15. The maximum atomic E-state index is 12.1. The number of alkyl halides is 3. The highest BCUT2D eigenvalue weighted by atomic mass is 32.2. The van der Waals surface area contributed by atoms with Crippen molar-refractivity contribution in [2.45, 2.75) is 15.3 Å². The SMILES string of the molecule is CSc1ccc(SC(F)(F)F)c(NN)c1. The van der Waals surface area contributed by atoms with E-state index < -0.39 is 5.51 Å². The molecule has 0 radical (unpaired) electrons. The first-order valence-electron chi connectivity index (χ1n) is 3.86. The van der Waals surface area contributed by atoms with Crippen molar-refractivity contribution in [3.63, 3.8) is 0 Å². The van der Waals surface area contributed by atoms with Crippen molar-refractivity contribution in [3.8, 4) is 0 Å². The molecule has 84 valence electrons. The molecular weight excluding hydrogens is 245 g/mol. The average Bonchev–Trinajstić information content (AvgIpc) is 2.16. The van der Waals surface area contributed by atoms with Gasteiger partial charge in [0.25, 0.3) is 0 Å². The van der Waals surface area contributed by atoms with E-state index in [1.807, 2.05) is 6.26 Å². The number of hydrazine groups is 1. The molecule has 0 fully saturated rings. The largest absolute Gasteiger partial charge is 0.446 e. The maximum Gasteiger partial charge on any atom is 0.446 e. The summed E-state index contributed by atoms with van der Waals surface area (Å²) in [5.41, 5.74) is -1.76. The number of halogens is 3. The lowest BCUT2D eigenvalue weighted by Crippen LogP contribution is -2.09. The first-order valence-corrected chi connectivity index (χ1v) is 5.91. The summed E-state index contributed by atoms with van der Waals surface area (Å²) in [4.78, 5) is 0.928. The van der Waals surface area contributed by atoms with Crippen LogP contribution >= 0.6 is 23.5 Å². The van der Waals surface area contributed by atoms with Gasteiger partial charge in [-0.1, -0.05) is 0 Å². The van der Waals surface area contributed by atoms with Gasteiger partial charge in [0.1, 0.15) is 0 Å². The fourth-order valence-electron chi connectivity index (χ4n) is 0.963. The molecule has 1 aromatic rings. The Labute approximate surface area is 93.8 Å². The van der Waals surface area contributed by atoms with E-state index in [9.17, 15) is 13.2 Å². The molecule has 0 bridgehead atoms. The Morgan fingerprint density at radius 2 is 2.00 bits per heavy atom. The zero-order valence-electron chi connectivity index (χ0n) is 7.76. The van der Waals surface area contributed by atoms with E-state index in [1.54, 1.807) is 12.1 Å². The Bertz CT molecular complexity index is 341. The Balaban J connectivity index is 2.97. The number of nitrogens with one attached hydrogen (secondary N) is 1. The fourth-order valence-corrected chi connectivity index (χ4v) is 2.02. The van der Waals surface area contributed by atoms with Crippen LogP contribution in [0.2, 0.25) is 0 Å². The Kier molecular flexibility index (Phi) is 4.18. The van der Waals surface area contributed by atoms with Crippen LogP contribution in [0.3, 0.4) is 0 Å². The molecule has 2 nitrogen and oxygen atoms in total. The molecule has 0 aliphatic carbocycles. The summed E-state index contributed by atoms with van der Waals surface area (Å²) in [6, 6.07) is 4.61. The lowest BCUT2D eigenvalue weighted by molar-refractivity contribution is -0.0327. The number of thioether (sulfide) groups is 2. The molecule has 15 heavy (non-hydrogen) atoms. The van der Waals surface area contributed by atoms with Gasteiger partial charge >= 0.3 is 5.51 Å². The minimum atomic E-state index is -4.30. The first-order chi connectivity index (χ1) is 6.96. The molecule has 0 aliphatic heterocycles. The van der Waals surface area contributed by atoms with Gasteiger partial charge in [0.05, 0.1) is 5.69 Å². The zero-order valence-corrected chi connectivity index (χ0v) is 9.39. The summed E-state index contributed by atoms with van der Waals surface area (Å²) in [7, 11) is 0. The van der Waals surface area contributed by atoms with Gasteiger partial charge in [0.15, 0.2) is 0 Å². The topological polar surface area (TPSA) is 38.0 Å². The van der Waals surface area contributed by atoms with Crippen molar-refractivity contribution >= 4 is 29.2 Å². The molecule has 0 heterocycles. The number of anilines is 1. The van der Waals surface area contributed by atoms with Crippen LogP contribution in [-0.4, -0.2) is 11.8 Å². The Morgan fingerprint density at radius 3 is 2.47 bits per heavy atom. The van der Waals surface area contributed by atoms with Crippen LogP contribution in [0.4, 0.5) is 18.9 Å². The van der Waals surface area contributed by atoms with Gasteiger partial charge in [-0.15, -0.1) is 11.8 Å². The van der Waals surface area contributed by atoms with Crippen LogP contribution in [-0.2, 0) is 0 Å². The van der Waals surface area contributed by atoms with Gasteiger partial charge in [-0.2, -0.15) is 13.2 Å². The van der Waals surface area contributed by atoms with Crippen molar-refractivity contribution in [3.05, 3.63) is 18.2 Å². The van der Waals surface area contributed by atoms with Gasteiger partial charge in [-0.05, 0) is 36.2 Å². The standard InChI is InChI=1S/C8H9F3N2S2/c1-14-5-2-3-7(6(4-5)13-12)15-8(9,10)11/h2-4,13H,12H2,1H3. The van der Waals surface area contributed by atoms with Crippen LogP contribution in [0.25, 0.3) is 0 Å². The second-order valence-corrected chi connectivity index (χ2v) is 4.54. The summed E-state index contributed by atoms with van der Waals surface area (Å²) < 4.78 is 36.4. The number of nitrogen functional groups attached to an aromatic ring is 1. The number of benzene rings is 1. The lowest BCUT2D eigenvalue weighted by atomic mass is 10.3. The molecule has 0 spiro atoms. The molecule has 1 aromatic carbocycles. The summed E-state index contributed by atoms with van der Waals surface area (Å²) in [6.45, 7) is 0. The molecule has 0 saturated carbocycles. The predicted octanol–water partition coefficient (Wildman–Crippen LogP) is 3.31. The van der Waals surface area contributed by atoms with E-state index in [4.69, 9.17) is 5.84 Å². The molecule has 7 heteroatoms. The normalized spacial score (nSPS) is 11.5.